The molecule has 1 heterocycles. The van der Waals surface area contributed by atoms with Gasteiger partial charge in [0, 0.05) is 19.6 Å². The van der Waals surface area contributed by atoms with E-state index in [-0.39, 0.29) is 12.3 Å². The Morgan fingerprint density at radius 3 is 2.60 bits per heavy atom. The number of carboxylic acid groups (broad SMARTS) is 1. The van der Waals surface area contributed by atoms with Crippen molar-refractivity contribution in [2.24, 2.45) is 5.41 Å². The first-order valence-corrected chi connectivity index (χ1v) is 7.74. The lowest BCUT2D eigenvalue weighted by molar-refractivity contribution is -0.157. The van der Waals surface area contributed by atoms with Gasteiger partial charge in [-0.2, -0.15) is 0 Å². The minimum absolute atomic E-state index is 0.127. The third-order valence-corrected chi connectivity index (χ3v) is 4.56. The van der Waals surface area contributed by atoms with Gasteiger partial charge in [0.25, 0.3) is 0 Å². The number of aliphatic carboxylic acids is 1. The van der Waals surface area contributed by atoms with Gasteiger partial charge >= 0.3 is 5.97 Å². The highest BCUT2D eigenvalue weighted by Crippen LogP contribution is 2.44. The minimum Gasteiger partial charge on any atom is -0.481 e. The van der Waals surface area contributed by atoms with Crippen LogP contribution in [0.25, 0.3) is 0 Å². The van der Waals surface area contributed by atoms with Gasteiger partial charge in [0.1, 0.15) is 0 Å². The van der Waals surface area contributed by atoms with Gasteiger partial charge in [-0.15, -0.1) is 0 Å². The largest absolute Gasteiger partial charge is 0.481 e. The molecule has 0 aromatic rings. The summed E-state index contributed by atoms with van der Waals surface area (Å²) in [6.45, 7) is 1.48. The second-order valence-corrected chi connectivity index (χ2v) is 6.10. The molecule has 0 aromatic carbocycles. The molecule has 5 heteroatoms. The molecule has 0 bridgehead atoms. The number of ether oxygens (including phenoxy) is 1. The Balaban J connectivity index is 1.59. The van der Waals surface area contributed by atoms with E-state index in [2.05, 4.69) is 5.32 Å². The van der Waals surface area contributed by atoms with E-state index in [0.29, 0.717) is 25.5 Å². The molecule has 2 N–H and O–H groups in total. The Kier molecular flexibility index (Phi) is 5.40. The molecule has 1 amide bonds. The molecule has 0 aromatic heterocycles. The summed E-state index contributed by atoms with van der Waals surface area (Å²) in [5, 5.41) is 12.0. The predicted molar refractivity (Wildman–Crippen MR) is 74.4 cm³/mol. The van der Waals surface area contributed by atoms with Crippen LogP contribution in [-0.4, -0.2) is 36.2 Å². The molecule has 2 rings (SSSR count). The fourth-order valence-electron chi connectivity index (χ4n) is 3.03. The molecule has 1 aliphatic carbocycles. The van der Waals surface area contributed by atoms with Crippen molar-refractivity contribution >= 4 is 11.9 Å². The zero-order valence-corrected chi connectivity index (χ0v) is 12.0. The Bertz CT molecular complexity index is 346. The normalized spacial score (nSPS) is 24.7. The molecule has 20 heavy (non-hydrogen) atoms. The van der Waals surface area contributed by atoms with Crippen LogP contribution in [0.4, 0.5) is 0 Å². The van der Waals surface area contributed by atoms with Crippen LogP contribution in [0.3, 0.4) is 0 Å². The molecule has 2 fully saturated rings. The van der Waals surface area contributed by atoms with Gasteiger partial charge in [-0.1, -0.05) is 6.42 Å². The number of nitrogens with one attached hydrogen (secondary N) is 1. The summed E-state index contributed by atoms with van der Waals surface area (Å²) >= 11 is 0. The van der Waals surface area contributed by atoms with E-state index in [9.17, 15) is 14.7 Å². The molecule has 0 spiro atoms. The van der Waals surface area contributed by atoms with Crippen molar-refractivity contribution in [1.82, 2.24) is 5.32 Å². The summed E-state index contributed by atoms with van der Waals surface area (Å²) in [6, 6.07) is 0. The van der Waals surface area contributed by atoms with Gasteiger partial charge in [0.05, 0.1) is 11.5 Å². The topological polar surface area (TPSA) is 75.6 Å². The van der Waals surface area contributed by atoms with Crippen LogP contribution in [0.15, 0.2) is 0 Å². The number of carboxylic acids is 1. The predicted octanol–water partition coefficient (Wildman–Crippen LogP) is 2.10. The molecule has 1 saturated carbocycles. The smallest absolute Gasteiger partial charge is 0.310 e. The van der Waals surface area contributed by atoms with Gasteiger partial charge < -0.3 is 15.2 Å². The molecule has 0 radical (unpaired) electrons. The second kappa shape index (κ2) is 7.07. The first kappa shape index (κ1) is 15.3. The fraction of sp³-hybridized carbons (Fsp3) is 0.867. The maximum absolute atomic E-state index is 11.8. The third kappa shape index (κ3) is 3.95. The lowest BCUT2D eigenvalue weighted by Gasteiger charge is -2.36. The van der Waals surface area contributed by atoms with Crippen molar-refractivity contribution in [3.05, 3.63) is 0 Å². The Labute approximate surface area is 120 Å². The van der Waals surface area contributed by atoms with Crippen molar-refractivity contribution in [1.29, 1.82) is 0 Å². The lowest BCUT2D eigenvalue weighted by atomic mass is 9.66. The van der Waals surface area contributed by atoms with Crippen LogP contribution in [0.1, 0.15) is 57.8 Å². The molecule has 5 nitrogen and oxygen atoms in total. The van der Waals surface area contributed by atoms with Crippen molar-refractivity contribution < 1.29 is 19.4 Å². The first-order valence-electron chi connectivity index (χ1n) is 7.74. The zero-order chi connectivity index (χ0) is 14.4. The van der Waals surface area contributed by atoms with E-state index in [1.807, 2.05) is 0 Å². The summed E-state index contributed by atoms with van der Waals surface area (Å²) in [7, 11) is 0. The number of hydrogen-bond acceptors (Lipinski definition) is 3. The Morgan fingerprint density at radius 2 is 2.05 bits per heavy atom. The monoisotopic (exact) mass is 283 g/mol. The van der Waals surface area contributed by atoms with Crippen LogP contribution in [0.2, 0.25) is 0 Å². The van der Waals surface area contributed by atoms with Crippen LogP contribution in [0.5, 0.6) is 0 Å². The Morgan fingerprint density at radius 1 is 1.25 bits per heavy atom. The highest BCUT2D eigenvalue weighted by molar-refractivity contribution is 5.85. The quantitative estimate of drug-likeness (QED) is 0.702. The number of amides is 1. The zero-order valence-electron chi connectivity index (χ0n) is 12.0. The molecule has 114 valence electrons. The summed E-state index contributed by atoms with van der Waals surface area (Å²) < 4.78 is 5.63. The molecular weight excluding hydrogens is 258 g/mol. The molecule has 1 atom stereocenters. The van der Waals surface area contributed by atoms with Gasteiger partial charge in [0.2, 0.25) is 5.91 Å². The molecule has 1 saturated heterocycles. The van der Waals surface area contributed by atoms with E-state index in [1.54, 1.807) is 0 Å². The number of carbonyl (C=O) groups is 2. The maximum atomic E-state index is 11.8. The number of rotatable bonds is 7. The van der Waals surface area contributed by atoms with Crippen LogP contribution >= 0.6 is 0 Å². The molecule has 1 aliphatic heterocycles. The average Bonchev–Trinajstić information content (AvgIpc) is 2.40. The van der Waals surface area contributed by atoms with E-state index in [1.165, 1.54) is 6.42 Å². The van der Waals surface area contributed by atoms with E-state index < -0.39 is 11.4 Å². The molecule has 2 aliphatic rings. The number of hydrogen-bond donors (Lipinski definition) is 2. The Hall–Kier alpha value is -1.10. The van der Waals surface area contributed by atoms with Crippen molar-refractivity contribution in [3.63, 3.8) is 0 Å². The van der Waals surface area contributed by atoms with E-state index in [0.717, 1.165) is 38.7 Å². The summed E-state index contributed by atoms with van der Waals surface area (Å²) in [5.41, 5.74) is -0.781. The van der Waals surface area contributed by atoms with Gasteiger partial charge in [-0.05, 0) is 44.9 Å². The lowest BCUT2D eigenvalue weighted by Crippen LogP contribution is -2.42. The van der Waals surface area contributed by atoms with E-state index in [4.69, 9.17) is 4.74 Å². The first-order chi connectivity index (χ1) is 9.62. The van der Waals surface area contributed by atoms with Crippen molar-refractivity contribution in [2.75, 3.05) is 13.2 Å². The van der Waals surface area contributed by atoms with Crippen LogP contribution in [-0.2, 0) is 14.3 Å². The summed E-state index contributed by atoms with van der Waals surface area (Å²) in [6.07, 6.45) is 8.04. The second-order valence-electron chi connectivity index (χ2n) is 6.10. The standard InChI is InChI=1S/C15H25NO4/c17-13(11-15(14(18)19)7-4-8-15)16-9-3-6-12-5-1-2-10-20-12/h12H,1-11H2,(H,16,17)(H,18,19). The van der Waals surface area contributed by atoms with Crippen LogP contribution in [0, 0.1) is 5.41 Å². The van der Waals surface area contributed by atoms with E-state index >= 15 is 0 Å². The SMILES string of the molecule is O=C(CC1(C(=O)O)CCC1)NCCCC1CCCCO1. The highest BCUT2D eigenvalue weighted by atomic mass is 16.5. The fourth-order valence-corrected chi connectivity index (χ4v) is 3.03. The van der Waals surface area contributed by atoms with Gasteiger partial charge in [-0.25, -0.2) is 0 Å². The minimum atomic E-state index is -0.825. The van der Waals surface area contributed by atoms with Crippen molar-refractivity contribution in [2.45, 2.75) is 63.9 Å². The van der Waals surface area contributed by atoms with Gasteiger partial charge in [0.15, 0.2) is 0 Å². The average molecular weight is 283 g/mol. The number of carbonyl (C=O) groups excluding carboxylic acids is 1. The van der Waals surface area contributed by atoms with Crippen LogP contribution < -0.4 is 5.32 Å². The maximum Gasteiger partial charge on any atom is 0.310 e. The summed E-state index contributed by atoms with van der Waals surface area (Å²) in [4.78, 5) is 23.0. The molecular formula is C15H25NO4. The molecule has 1 unspecified atom stereocenters. The van der Waals surface area contributed by atoms with Gasteiger partial charge in [-0.3, -0.25) is 9.59 Å². The summed E-state index contributed by atoms with van der Waals surface area (Å²) in [5.74, 6) is -0.953. The highest BCUT2D eigenvalue weighted by Gasteiger charge is 2.45. The third-order valence-electron chi connectivity index (χ3n) is 4.56. The van der Waals surface area contributed by atoms with Crippen molar-refractivity contribution in [3.8, 4) is 0 Å².